The molecular formula is C14H14ClNO4S2. The highest BCUT2D eigenvalue weighted by Gasteiger charge is 2.28. The van der Waals surface area contributed by atoms with Crippen LogP contribution in [0.2, 0.25) is 5.02 Å². The van der Waals surface area contributed by atoms with E-state index in [2.05, 4.69) is 0 Å². The van der Waals surface area contributed by atoms with Gasteiger partial charge in [0.15, 0.2) is 0 Å². The number of thiophene rings is 1. The molecule has 8 heteroatoms. The number of sulfonamides is 1. The van der Waals surface area contributed by atoms with E-state index >= 15 is 0 Å². The fourth-order valence-electron chi connectivity index (χ4n) is 2.23. The van der Waals surface area contributed by atoms with Crippen molar-refractivity contribution in [1.29, 1.82) is 0 Å². The van der Waals surface area contributed by atoms with Gasteiger partial charge in [0, 0.05) is 23.5 Å². The Kier molecular flexibility index (Phi) is 4.42. The molecular weight excluding hydrogens is 346 g/mol. The number of benzene rings is 1. The van der Waals surface area contributed by atoms with Gasteiger partial charge in [0.05, 0.1) is 18.2 Å². The molecule has 0 unspecified atom stereocenters. The zero-order chi connectivity index (χ0) is 15.7. The van der Waals surface area contributed by atoms with Crippen LogP contribution in [0.5, 0.6) is 5.75 Å². The van der Waals surface area contributed by atoms with Crippen LogP contribution < -0.4 is 0 Å². The van der Waals surface area contributed by atoms with Crippen molar-refractivity contribution >= 4 is 33.0 Å². The molecule has 0 saturated carbocycles. The van der Waals surface area contributed by atoms with Crippen molar-refractivity contribution in [1.82, 2.24) is 4.31 Å². The minimum atomic E-state index is -3.51. The molecule has 2 heterocycles. The molecule has 3 rings (SSSR count). The van der Waals surface area contributed by atoms with E-state index in [-0.39, 0.29) is 15.0 Å². The highest BCUT2D eigenvalue weighted by molar-refractivity contribution is 7.91. The maximum atomic E-state index is 12.6. The molecule has 5 nitrogen and oxygen atoms in total. The number of hydrogen-bond acceptors (Lipinski definition) is 5. The largest absolute Gasteiger partial charge is 0.506 e. The Balaban J connectivity index is 1.95. The first-order valence-corrected chi connectivity index (χ1v) is 9.29. The molecule has 0 radical (unpaired) electrons. The minimum absolute atomic E-state index is 0.0230. The van der Waals surface area contributed by atoms with E-state index in [4.69, 9.17) is 16.3 Å². The molecule has 1 aromatic carbocycles. The number of hydrogen-bond donors (Lipinski definition) is 1. The summed E-state index contributed by atoms with van der Waals surface area (Å²) in [5, 5.41) is 9.89. The average Bonchev–Trinajstić information content (AvgIpc) is 3.01. The number of phenols is 1. The number of halogens is 1. The fourth-order valence-corrected chi connectivity index (χ4v) is 5.41. The zero-order valence-electron chi connectivity index (χ0n) is 11.5. The summed E-state index contributed by atoms with van der Waals surface area (Å²) < 4.78 is 32.0. The lowest BCUT2D eigenvalue weighted by Crippen LogP contribution is -2.40. The Morgan fingerprint density at radius 3 is 2.64 bits per heavy atom. The average molecular weight is 360 g/mol. The molecule has 2 aromatic rings. The number of morpholine rings is 1. The van der Waals surface area contributed by atoms with Crippen LogP contribution in [0.4, 0.5) is 0 Å². The van der Waals surface area contributed by atoms with Crippen molar-refractivity contribution in [3.63, 3.8) is 0 Å². The summed E-state index contributed by atoms with van der Waals surface area (Å²) in [6.45, 7) is 1.55. The standard InChI is InChI=1S/C14H14ClNO4S2/c15-14-10(2-1-3-11(14)17)12-4-5-13(21-12)22(18,19)16-6-8-20-9-7-16/h1-5,17H,6-9H2. The third kappa shape index (κ3) is 2.87. The van der Waals surface area contributed by atoms with E-state index < -0.39 is 10.0 Å². The van der Waals surface area contributed by atoms with Gasteiger partial charge in [-0.2, -0.15) is 4.31 Å². The van der Waals surface area contributed by atoms with Crippen LogP contribution in [0.25, 0.3) is 10.4 Å². The molecule has 1 aromatic heterocycles. The van der Waals surface area contributed by atoms with Gasteiger partial charge in [-0.3, -0.25) is 0 Å². The monoisotopic (exact) mass is 359 g/mol. The van der Waals surface area contributed by atoms with E-state index in [1.54, 1.807) is 24.3 Å². The van der Waals surface area contributed by atoms with Crippen LogP contribution in [0.3, 0.4) is 0 Å². The molecule has 0 atom stereocenters. The second-order valence-corrected chi connectivity index (χ2v) is 8.40. The summed E-state index contributed by atoms with van der Waals surface area (Å²) in [4.78, 5) is 0.702. The van der Waals surface area contributed by atoms with Crippen molar-refractivity contribution in [3.8, 4) is 16.2 Å². The van der Waals surface area contributed by atoms with Crippen LogP contribution in [0.1, 0.15) is 0 Å². The number of rotatable bonds is 3. The molecule has 1 aliphatic heterocycles. The number of phenolic OH excluding ortho intramolecular Hbond substituents is 1. The maximum Gasteiger partial charge on any atom is 0.252 e. The summed E-state index contributed by atoms with van der Waals surface area (Å²) >= 11 is 7.22. The molecule has 0 amide bonds. The lowest BCUT2D eigenvalue weighted by Gasteiger charge is -2.25. The zero-order valence-corrected chi connectivity index (χ0v) is 13.9. The van der Waals surface area contributed by atoms with Crippen molar-refractivity contribution in [2.45, 2.75) is 4.21 Å². The predicted octanol–water partition coefficient (Wildman–Crippen LogP) is 2.80. The van der Waals surface area contributed by atoms with Gasteiger partial charge < -0.3 is 9.84 Å². The highest BCUT2D eigenvalue weighted by Crippen LogP contribution is 2.39. The second kappa shape index (κ2) is 6.17. The predicted molar refractivity (Wildman–Crippen MR) is 86.0 cm³/mol. The molecule has 1 aliphatic rings. The Labute approximate surface area is 137 Å². The van der Waals surface area contributed by atoms with Crippen molar-refractivity contribution in [3.05, 3.63) is 35.4 Å². The van der Waals surface area contributed by atoms with Gasteiger partial charge in [-0.1, -0.05) is 23.7 Å². The van der Waals surface area contributed by atoms with Gasteiger partial charge >= 0.3 is 0 Å². The lowest BCUT2D eigenvalue weighted by atomic mass is 10.2. The van der Waals surface area contributed by atoms with E-state index in [1.165, 1.54) is 10.4 Å². The van der Waals surface area contributed by atoms with Gasteiger partial charge in [0.25, 0.3) is 10.0 Å². The topological polar surface area (TPSA) is 66.8 Å². The molecule has 22 heavy (non-hydrogen) atoms. The Morgan fingerprint density at radius 2 is 1.91 bits per heavy atom. The Morgan fingerprint density at radius 1 is 1.18 bits per heavy atom. The summed E-state index contributed by atoms with van der Waals surface area (Å²) in [5.41, 5.74) is 0.620. The lowest BCUT2D eigenvalue weighted by molar-refractivity contribution is 0.0731. The first-order valence-electron chi connectivity index (χ1n) is 6.66. The van der Waals surface area contributed by atoms with E-state index in [1.807, 2.05) is 0 Å². The molecule has 1 fully saturated rings. The third-order valence-corrected chi connectivity index (χ3v) is 7.27. The van der Waals surface area contributed by atoms with Gasteiger partial charge in [-0.15, -0.1) is 11.3 Å². The normalized spacial score (nSPS) is 16.8. The van der Waals surface area contributed by atoms with Crippen LogP contribution in [0, 0.1) is 0 Å². The Bertz CT molecular complexity index is 782. The first-order chi connectivity index (χ1) is 10.5. The summed E-state index contributed by atoms with van der Waals surface area (Å²) in [6, 6.07) is 8.19. The van der Waals surface area contributed by atoms with E-state index in [9.17, 15) is 13.5 Å². The smallest absolute Gasteiger partial charge is 0.252 e. The SMILES string of the molecule is O=S(=O)(c1ccc(-c2cccc(O)c2Cl)s1)N1CCOCC1. The summed E-state index contributed by atoms with van der Waals surface area (Å²) in [7, 11) is -3.51. The quantitative estimate of drug-likeness (QED) is 0.915. The van der Waals surface area contributed by atoms with E-state index in [0.29, 0.717) is 36.7 Å². The van der Waals surface area contributed by atoms with Crippen LogP contribution in [0.15, 0.2) is 34.5 Å². The molecule has 0 bridgehead atoms. The van der Waals surface area contributed by atoms with Gasteiger partial charge in [-0.05, 0) is 18.2 Å². The number of ether oxygens (including phenoxy) is 1. The maximum absolute atomic E-state index is 12.6. The Hall–Kier alpha value is -1.12. The second-order valence-electron chi connectivity index (χ2n) is 4.77. The molecule has 1 saturated heterocycles. The highest BCUT2D eigenvalue weighted by atomic mass is 35.5. The summed E-state index contributed by atoms with van der Waals surface area (Å²) in [5.74, 6) is -0.0230. The van der Waals surface area contributed by atoms with Crippen molar-refractivity contribution < 1.29 is 18.3 Å². The van der Waals surface area contributed by atoms with Crippen molar-refractivity contribution in [2.75, 3.05) is 26.3 Å². The number of nitrogens with zero attached hydrogens (tertiary/aromatic N) is 1. The van der Waals surface area contributed by atoms with E-state index in [0.717, 1.165) is 11.3 Å². The van der Waals surface area contributed by atoms with Crippen LogP contribution in [-0.2, 0) is 14.8 Å². The fraction of sp³-hybridized carbons (Fsp3) is 0.286. The number of aromatic hydroxyl groups is 1. The summed E-state index contributed by atoms with van der Waals surface area (Å²) in [6.07, 6.45) is 0. The molecule has 0 spiro atoms. The molecule has 0 aliphatic carbocycles. The molecule has 118 valence electrons. The minimum Gasteiger partial charge on any atom is -0.506 e. The molecule has 1 N–H and O–H groups in total. The third-order valence-electron chi connectivity index (χ3n) is 3.39. The first kappa shape index (κ1) is 15.8. The van der Waals surface area contributed by atoms with Crippen LogP contribution >= 0.6 is 22.9 Å². The van der Waals surface area contributed by atoms with Gasteiger partial charge in [0.1, 0.15) is 9.96 Å². The van der Waals surface area contributed by atoms with Crippen molar-refractivity contribution in [2.24, 2.45) is 0 Å². The van der Waals surface area contributed by atoms with Gasteiger partial charge in [-0.25, -0.2) is 8.42 Å². The van der Waals surface area contributed by atoms with Crippen LogP contribution in [-0.4, -0.2) is 44.1 Å². The van der Waals surface area contributed by atoms with Gasteiger partial charge in [0.2, 0.25) is 0 Å².